The lowest BCUT2D eigenvalue weighted by atomic mass is 10.0. The summed E-state index contributed by atoms with van der Waals surface area (Å²) in [6.07, 6.45) is 0. The van der Waals surface area contributed by atoms with Crippen molar-refractivity contribution in [3.8, 4) is 0 Å². The molecule has 2 unspecified atom stereocenters. The predicted molar refractivity (Wildman–Crippen MR) is 97.9 cm³/mol. The summed E-state index contributed by atoms with van der Waals surface area (Å²) < 4.78 is 22.7. The van der Waals surface area contributed by atoms with Gasteiger partial charge < -0.3 is 5.32 Å². The molecule has 2 atom stereocenters. The van der Waals surface area contributed by atoms with Gasteiger partial charge >= 0.3 is 0 Å². The Kier molecular flexibility index (Phi) is 4.39. The number of sulfonamides is 1. The van der Waals surface area contributed by atoms with E-state index in [0.29, 0.717) is 10.7 Å². The molecule has 1 aliphatic rings. The van der Waals surface area contributed by atoms with Crippen molar-refractivity contribution >= 4 is 33.2 Å². The minimum Gasteiger partial charge on any atom is -0.326 e. The van der Waals surface area contributed by atoms with Gasteiger partial charge in [0.15, 0.2) is 0 Å². The SMILES string of the molecule is CC1(C)C(C(=O)Nc2cccc(Cl)c2)C1c1ccc(S(N)(=O)=O)cc1. The Hall–Kier alpha value is -1.89. The molecular formula is C18H19ClN2O3S. The van der Waals surface area contributed by atoms with E-state index in [2.05, 4.69) is 5.32 Å². The van der Waals surface area contributed by atoms with Crippen LogP contribution in [0.25, 0.3) is 0 Å². The summed E-state index contributed by atoms with van der Waals surface area (Å²) in [5, 5.41) is 8.58. The Labute approximate surface area is 152 Å². The van der Waals surface area contributed by atoms with E-state index in [-0.39, 0.29) is 28.1 Å². The number of benzene rings is 2. The number of carbonyl (C=O) groups excluding carboxylic acids is 1. The van der Waals surface area contributed by atoms with Crippen molar-refractivity contribution in [1.82, 2.24) is 0 Å². The van der Waals surface area contributed by atoms with Crippen molar-refractivity contribution < 1.29 is 13.2 Å². The van der Waals surface area contributed by atoms with E-state index in [1.807, 2.05) is 13.8 Å². The van der Waals surface area contributed by atoms with Crippen molar-refractivity contribution in [2.45, 2.75) is 24.7 Å². The van der Waals surface area contributed by atoms with Crippen LogP contribution >= 0.6 is 11.6 Å². The highest BCUT2D eigenvalue weighted by Gasteiger charge is 2.62. The molecule has 2 aromatic rings. The lowest BCUT2D eigenvalue weighted by molar-refractivity contribution is -0.118. The summed E-state index contributed by atoms with van der Waals surface area (Å²) in [6, 6.07) is 13.4. The molecule has 1 aliphatic carbocycles. The third kappa shape index (κ3) is 3.56. The van der Waals surface area contributed by atoms with E-state index in [1.54, 1.807) is 36.4 Å². The molecule has 1 amide bonds. The molecule has 0 saturated heterocycles. The number of hydrogen-bond acceptors (Lipinski definition) is 3. The maximum atomic E-state index is 12.6. The highest BCUT2D eigenvalue weighted by atomic mass is 35.5. The number of anilines is 1. The Morgan fingerprint density at radius 2 is 1.80 bits per heavy atom. The van der Waals surface area contributed by atoms with E-state index in [9.17, 15) is 13.2 Å². The summed E-state index contributed by atoms with van der Waals surface area (Å²) in [5.41, 5.74) is 1.36. The maximum absolute atomic E-state index is 12.6. The molecule has 0 spiro atoms. The Balaban J connectivity index is 1.78. The molecule has 132 valence electrons. The molecule has 0 bridgehead atoms. The fourth-order valence-electron chi connectivity index (χ4n) is 3.40. The minimum atomic E-state index is -3.72. The number of nitrogens with two attached hydrogens (primary N) is 1. The summed E-state index contributed by atoms with van der Waals surface area (Å²) >= 11 is 5.95. The second kappa shape index (κ2) is 6.12. The van der Waals surface area contributed by atoms with Crippen LogP contribution in [-0.2, 0) is 14.8 Å². The first-order valence-electron chi connectivity index (χ1n) is 7.80. The first kappa shape index (κ1) is 17.9. The van der Waals surface area contributed by atoms with Gasteiger partial charge in [-0.3, -0.25) is 4.79 Å². The average Bonchev–Trinajstić information content (AvgIpc) is 3.09. The van der Waals surface area contributed by atoms with Gasteiger partial charge in [0.2, 0.25) is 15.9 Å². The van der Waals surface area contributed by atoms with E-state index in [1.165, 1.54) is 12.1 Å². The van der Waals surface area contributed by atoms with Crippen molar-refractivity contribution in [3.63, 3.8) is 0 Å². The normalized spacial score (nSPS) is 21.6. The fraction of sp³-hybridized carbons (Fsp3) is 0.278. The molecule has 3 N–H and O–H groups in total. The number of amides is 1. The van der Waals surface area contributed by atoms with Gasteiger partial charge in [0.1, 0.15) is 0 Å². The molecule has 1 saturated carbocycles. The Bertz CT molecular complexity index is 924. The number of carbonyl (C=O) groups is 1. The summed E-state index contributed by atoms with van der Waals surface area (Å²) in [6.45, 7) is 4.04. The zero-order valence-corrected chi connectivity index (χ0v) is 15.4. The van der Waals surface area contributed by atoms with Crippen LogP contribution < -0.4 is 10.5 Å². The van der Waals surface area contributed by atoms with E-state index in [4.69, 9.17) is 16.7 Å². The standard InChI is InChI=1S/C18H19ClN2O3S/c1-18(2)15(11-6-8-14(9-7-11)25(20,23)24)16(18)17(22)21-13-5-3-4-12(19)10-13/h3-10,15-16H,1-2H3,(H,21,22)(H2,20,23,24). The number of primary sulfonamides is 1. The van der Waals surface area contributed by atoms with Crippen molar-refractivity contribution in [1.29, 1.82) is 0 Å². The molecule has 1 fully saturated rings. The first-order chi connectivity index (χ1) is 11.6. The smallest absolute Gasteiger partial charge is 0.238 e. The highest BCUT2D eigenvalue weighted by Crippen LogP contribution is 2.64. The third-order valence-corrected chi connectivity index (χ3v) is 5.93. The maximum Gasteiger partial charge on any atom is 0.238 e. The molecule has 0 aliphatic heterocycles. The Morgan fingerprint density at radius 1 is 1.16 bits per heavy atom. The quantitative estimate of drug-likeness (QED) is 0.854. The molecule has 5 nitrogen and oxygen atoms in total. The molecule has 3 rings (SSSR count). The van der Waals surface area contributed by atoms with Gasteiger partial charge in [0.05, 0.1) is 10.8 Å². The van der Waals surface area contributed by atoms with Crippen LogP contribution in [-0.4, -0.2) is 14.3 Å². The van der Waals surface area contributed by atoms with E-state index < -0.39 is 10.0 Å². The molecule has 25 heavy (non-hydrogen) atoms. The topological polar surface area (TPSA) is 89.3 Å². The number of nitrogens with one attached hydrogen (secondary N) is 1. The van der Waals surface area contributed by atoms with Gasteiger partial charge in [-0.05, 0) is 41.3 Å². The van der Waals surface area contributed by atoms with Crippen LogP contribution in [0.1, 0.15) is 25.3 Å². The van der Waals surface area contributed by atoms with Crippen LogP contribution in [0.15, 0.2) is 53.4 Å². The molecule has 0 heterocycles. The summed E-state index contributed by atoms with van der Waals surface area (Å²) in [4.78, 5) is 12.7. The largest absolute Gasteiger partial charge is 0.326 e. The number of rotatable bonds is 4. The van der Waals surface area contributed by atoms with Gasteiger partial charge in [-0.1, -0.05) is 43.6 Å². The summed E-state index contributed by atoms with van der Waals surface area (Å²) in [7, 11) is -3.72. The first-order valence-corrected chi connectivity index (χ1v) is 9.72. The minimum absolute atomic E-state index is 0.0150. The lowest BCUT2D eigenvalue weighted by Crippen LogP contribution is -2.16. The van der Waals surface area contributed by atoms with Gasteiger partial charge in [0.25, 0.3) is 0 Å². The summed E-state index contributed by atoms with van der Waals surface area (Å²) in [5.74, 6) is -0.263. The molecule has 7 heteroatoms. The zero-order valence-electron chi connectivity index (χ0n) is 13.9. The predicted octanol–water partition coefficient (Wildman–Crippen LogP) is 3.37. The molecular weight excluding hydrogens is 360 g/mol. The van der Waals surface area contributed by atoms with Crippen LogP contribution in [0.4, 0.5) is 5.69 Å². The van der Waals surface area contributed by atoms with Crippen LogP contribution in [0.5, 0.6) is 0 Å². The van der Waals surface area contributed by atoms with Gasteiger partial charge in [0, 0.05) is 16.6 Å². The van der Waals surface area contributed by atoms with Gasteiger partial charge in [-0.15, -0.1) is 0 Å². The molecule has 0 radical (unpaired) electrons. The zero-order chi connectivity index (χ0) is 18.4. The van der Waals surface area contributed by atoms with Crippen molar-refractivity contribution in [3.05, 3.63) is 59.1 Å². The lowest BCUT2D eigenvalue weighted by Gasteiger charge is -2.06. The van der Waals surface area contributed by atoms with Crippen LogP contribution in [0, 0.1) is 11.3 Å². The number of halogens is 1. The monoisotopic (exact) mass is 378 g/mol. The second-order valence-corrected chi connectivity index (χ2v) is 8.89. The van der Waals surface area contributed by atoms with E-state index in [0.717, 1.165) is 5.56 Å². The fourth-order valence-corrected chi connectivity index (χ4v) is 4.11. The van der Waals surface area contributed by atoms with E-state index >= 15 is 0 Å². The second-order valence-electron chi connectivity index (χ2n) is 6.89. The van der Waals surface area contributed by atoms with Crippen molar-refractivity contribution in [2.24, 2.45) is 16.5 Å². The van der Waals surface area contributed by atoms with Crippen LogP contribution in [0.3, 0.4) is 0 Å². The number of hydrogen-bond donors (Lipinski definition) is 2. The Morgan fingerprint density at radius 3 is 2.36 bits per heavy atom. The molecule has 0 aromatic heterocycles. The van der Waals surface area contributed by atoms with Gasteiger partial charge in [-0.25, -0.2) is 13.6 Å². The van der Waals surface area contributed by atoms with Gasteiger partial charge in [-0.2, -0.15) is 0 Å². The third-order valence-electron chi connectivity index (χ3n) is 4.77. The highest BCUT2D eigenvalue weighted by molar-refractivity contribution is 7.89. The average molecular weight is 379 g/mol. The molecule has 2 aromatic carbocycles. The van der Waals surface area contributed by atoms with Crippen LogP contribution in [0.2, 0.25) is 5.02 Å². The van der Waals surface area contributed by atoms with Crippen molar-refractivity contribution in [2.75, 3.05) is 5.32 Å².